The van der Waals surface area contributed by atoms with Crippen LogP contribution in [0.2, 0.25) is 0 Å². The molecule has 0 bridgehead atoms. The minimum absolute atomic E-state index is 0.648. The zero-order chi connectivity index (χ0) is 12.1. The van der Waals surface area contributed by atoms with Crippen LogP contribution in [-0.4, -0.2) is 12.0 Å². The van der Waals surface area contributed by atoms with Gasteiger partial charge in [0.25, 0.3) is 0 Å². The fraction of sp³-hybridized carbons (Fsp3) is 0.133. The monoisotopic (exact) mass is 240 g/mol. The van der Waals surface area contributed by atoms with Crippen molar-refractivity contribution < 1.29 is 4.79 Å². The van der Waals surface area contributed by atoms with Crippen molar-refractivity contribution in [3.05, 3.63) is 47.5 Å². The van der Waals surface area contributed by atoms with Crippen molar-refractivity contribution in [3.8, 4) is 11.8 Å². The molecule has 0 N–H and O–H groups in total. The summed E-state index contributed by atoms with van der Waals surface area (Å²) < 4.78 is 0. The predicted molar refractivity (Wildman–Crippen MR) is 74.7 cm³/mol. The van der Waals surface area contributed by atoms with E-state index in [9.17, 15) is 4.79 Å². The van der Waals surface area contributed by atoms with Crippen molar-refractivity contribution in [2.75, 3.05) is 5.75 Å². The van der Waals surface area contributed by atoms with Gasteiger partial charge in [-0.05, 0) is 16.8 Å². The van der Waals surface area contributed by atoms with Gasteiger partial charge in [-0.1, -0.05) is 42.2 Å². The first-order valence-electron chi connectivity index (χ1n) is 5.43. The number of carbonyl (C=O) groups is 1. The van der Waals surface area contributed by atoms with Crippen molar-refractivity contribution >= 4 is 29.7 Å². The summed E-state index contributed by atoms with van der Waals surface area (Å²) in [7, 11) is 0. The highest BCUT2D eigenvalue weighted by molar-refractivity contribution is 7.80. The van der Waals surface area contributed by atoms with E-state index in [-0.39, 0.29) is 0 Å². The fourth-order valence-corrected chi connectivity index (χ4v) is 1.84. The topological polar surface area (TPSA) is 17.1 Å². The lowest BCUT2D eigenvalue weighted by Crippen LogP contribution is -1.89. The molecule has 84 valence electrons. The van der Waals surface area contributed by atoms with Gasteiger partial charge in [-0.25, -0.2) is 0 Å². The second-order valence-corrected chi connectivity index (χ2v) is 4.09. The number of benzene rings is 2. The molecule has 0 amide bonds. The lowest BCUT2D eigenvalue weighted by Gasteiger charge is -2.03. The summed E-state index contributed by atoms with van der Waals surface area (Å²) in [6.45, 7) is 0. The second-order valence-electron chi connectivity index (χ2n) is 3.64. The van der Waals surface area contributed by atoms with E-state index in [1.54, 1.807) is 0 Å². The van der Waals surface area contributed by atoms with Crippen LogP contribution < -0.4 is 0 Å². The fourth-order valence-electron chi connectivity index (χ4n) is 1.73. The first kappa shape index (κ1) is 11.8. The van der Waals surface area contributed by atoms with E-state index in [1.807, 2.05) is 36.4 Å². The van der Waals surface area contributed by atoms with E-state index in [0.717, 1.165) is 34.8 Å². The minimum atomic E-state index is 0.648. The van der Waals surface area contributed by atoms with Crippen molar-refractivity contribution in [1.29, 1.82) is 0 Å². The Morgan fingerprint density at radius 1 is 1.18 bits per heavy atom. The van der Waals surface area contributed by atoms with E-state index < -0.39 is 0 Å². The summed E-state index contributed by atoms with van der Waals surface area (Å²) >= 11 is 4.12. The Bertz CT molecular complexity index is 605. The van der Waals surface area contributed by atoms with Gasteiger partial charge in [0.15, 0.2) is 6.29 Å². The van der Waals surface area contributed by atoms with Gasteiger partial charge in [0.1, 0.15) is 0 Å². The van der Waals surface area contributed by atoms with E-state index >= 15 is 0 Å². The molecular formula is C15H12OS. The van der Waals surface area contributed by atoms with Crippen molar-refractivity contribution in [3.63, 3.8) is 0 Å². The zero-order valence-corrected chi connectivity index (χ0v) is 10.2. The maximum absolute atomic E-state index is 11.0. The van der Waals surface area contributed by atoms with E-state index in [2.05, 4.69) is 24.5 Å². The van der Waals surface area contributed by atoms with Crippen molar-refractivity contribution in [2.24, 2.45) is 0 Å². The molecule has 0 spiro atoms. The number of hydrogen-bond donors (Lipinski definition) is 1. The molecule has 2 heteroatoms. The third-order valence-corrected chi connectivity index (χ3v) is 2.76. The van der Waals surface area contributed by atoms with Gasteiger partial charge in [0.05, 0.1) is 0 Å². The van der Waals surface area contributed by atoms with E-state index in [4.69, 9.17) is 0 Å². The first-order valence-corrected chi connectivity index (χ1v) is 6.06. The Hall–Kier alpha value is -1.72. The van der Waals surface area contributed by atoms with Crippen LogP contribution in [0.5, 0.6) is 0 Å². The van der Waals surface area contributed by atoms with Crippen LogP contribution in [0, 0.1) is 11.8 Å². The molecule has 0 aliphatic rings. The molecule has 0 saturated heterocycles. The maximum atomic E-state index is 11.0. The molecule has 0 unspecified atom stereocenters. The number of thiol groups is 1. The van der Waals surface area contributed by atoms with Crippen molar-refractivity contribution in [2.45, 2.75) is 6.42 Å². The van der Waals surface area contributed by atoms with Gasteiger partial charge in [0, 0.05) is 23.3 Å². The Labute approximate surface area is 106 Å². The van der Waals surface area contributed by atoms with E-state index in [1.165, 1.54) is 0 Å². The number of hydrogen-bond acceptors (Lipinski definition) is 2. The molecule has 0 saturated carbocycles. The molecule has 2 rings (SSSR count). The van der Waals surface area contributed by atoms with Crippen LogP contribution in [0.1, 0.15) is 22.3 Å². The standard InChI is InChI=1S/C15H12OS/c16-11-13-9-8-12-5-1-2-6-14(12)15(13)7-3-4-10-17/h1-2,5-6,8-9,11,17H,4,10H2. The molecule has 0 aliphatic carbocycles. The molecule has 0 aliphatic heterocycles. The summed E-state index contributed by atoms with van der Waals surface area (Å²) in [5.41, 5.74) is 1.47. The van der Waals surface area contributed by atoms with Crippen molar-refractivity contribution in [1.82, 2.24) is 0 Å². The summed E-state index contributed by atoms with van der Waals surface area (Å²) in [6, 6.07) is 11.7. The number of fused-ring (bicyclic) bond motifs is 1. The Balaban J connectivity index is 2.64. The SMILES string of the molecule is O=Cc1ccc2ccccc2c1C#CCCS. The normalized spacial score (nSPS) is 9.71. The summed E-state index contributed by atoms with van der Waals surface area (Å²) in [4.78, 5) is 11.0. The van der Waals surface area contributed by atoms with Crippen LogP contribution >= 0.6 is 12.6 Å². The lowest BCUT2D eigenvalue weighted by atomic mass is 10.00. The zero-order valence-electron chi connectivity index (χ0n) is 9.31. The van der Waals surface area contributed by atoms with Gasteiger partial charge in [-0.15, -0.1) is 0 Å². The minimum Gasteiger partial charge on any atom is -0.298 e. The summed E-state index contributed by atoms with van der Waals surface area (Å²) in [5.74, 6) is 6.84. The third kappa shape index (κ3) is 2.51. The molecule has 0 fully saturated rings. The van der Waals surface area contributed by atoms with Crippen LogP contribution in [-0.2, 0) is 0 Å². The Morgan fingerprint density at radius 3 is 2.76 bits per heavy atom. The molecule has 0 radical (unpaired) electrons. The van der Waals surface area contributed by atoms with Crippen LogP contribution in [0.15, 0.2) is 36.4 Å². The van der Waals surface area contributed by atoms with Crippen LogP contribution in [0.3, 0.4) is 0 Å². The molecule has 0 aromatic heterocycles. The summed E-state index contributed by atoms with van der Waals surface area (Å²) in [6.07, 6.45) is 1.59. The van der Waals surface area contributed by atoms with Gasteiger partial charge < -0.3 is 0 Å². The van der Waals surface area contributed by atoms with Gasteiger partial charge in [-0.2, -0.15) is 12.6 Å². The maximum Gasteiger partial charge on any atom is 0.151 e. The van der Waals surface area contributed by atoms with Crippen LogP contribution in [0.4, 0.5) is 0 Å². The highest BCUT2D eigenvalue weighted by Gasteiger charge is 2.03. The number of carbonyl (C=O) groups excluding carboxylic acids is 1. The summed E-state index contributed by atoms with van der Waals surface area (Å²) in [5, 5.41) is 2.14. The molecule has 0 atom stereocenters. The predicted octanol–water partition coefficient (Wildman–Crippen LogP) is 3.32. The van der Waals surface area contributed by atoms with Gasteiger partial charge >= 0.3 is 0 Å². The molecule has 2 aromatic carbocycles. The van der Waals surface area contributed by atoms with Crippen LogP contribution in [0.25, 0.3) is 10.8 Å². The molecule has 2 aromatic rings. The molecule has 17 heavy (non-hydrogen) atoms. The number of aldehydes is 1. The average molecular weight is 240 g/mol. The molecule has 0 heterocycles. The van der Waals surface area contributed by atoms with E-state index in [0.29, 0.717) is 5.56 Å². The molecule has 1 nitrogen and oxygen atoms in total. The first-order chi connectivity index (χ1) is 8.36. The number of rotatable bonds is 2. The lowest BCUT2D eigenvalue weighted by molar-refractivity contribution is 0.112. The highest BCUT2D eigenvalue weighted by Crippen LogP contribution is 2.20. The smallest absolute Gasteiger partial charge is 0.151 e. The quantitative estimate of drug-likeness (QED) is 0.484. The largest absolute Gasteiger partial charge is 0.298 e. The highest BCUT2D eigenvalue weighted by atomic mass is 32.1. The Kier molecular flexibility index (Phi) is 3.85. The average Bonchev–Trinajstić information content (AvgIpc) is 2.39. The molecular weight excluding hydrogens is 228 g/mol. The van der Waals surface area contributed by atoms with Gasteiger partial charge in [-0.3, -0.25) is 4.79 Å². The second kappa shape index (κ2) is 5.56. The third-order valence-electron chi connectivity index (χ3n) is 2.54. The Morgan fingerprint density at radius 2 is 2.00 bits per heavy atom. The van der Waals surface area contributed by atoms with Gasteiger partial charge in [0.2, 0.25) is 0 Å².